The molecule has 1 N–H and O–H groups in total. The van der Waals surface area contributed by atoms with E-state index in [4.69, 9.17) is 11.6 Å². The maximum absolute atomic E-state index is 6.07. The van der Waals surface area contributed by atoms with Crippen LogP contribution in [0.25, 0.3) is 0 Å². The molecule has 1 aromatic heterocycles. The zero-order chi connectivity index (χ0) is 13.0. The lowest BCUT2D eigenvalue weighted by atomic mass is 10.2. The first-order valence-corrected chi connectivity index (χ1v) is 7.04. The van der Waals surface area contributed by atoms with E-state index in [9.17, 15) is 0 Å². The maximum Gasteiger partial charge on any atom is 0.0629 e. The summed E-state index contributed by atoms with van der Waals surface area (Å²) >= 11 is 7.76. The molecular weight excluding hydrogens is 266 g/mol. The lowest BCUT2D eigenvalue weighted by Gasteiger charge is -2.09. The Kier molecular flexibility index (Phi) is 4.69. The first-order chi connectivity index (χ1) is 8.69. The van der Waals surface area contributed by atoms with Gasteiger partial charge in [0.1, 0.15) is 0 Å². The SMILES string of the molecule is CCNCc1ccc(Cl)cc1Sc1cnn(C)c1. The van der Waals surface area contributed by atoms with Crippen LogP contribution in [-0.4, -0.2) is 16.3 Å². The molecule has 96 valence electrons. The molecule has 0 aliphatic carbocycles. The summed E-state index contributed by atoms with van der Waals surface area (Å²) in [5, 5.41) is 8.28. The zero-order valence-electron chi connectivity index (χ0n) is 10.5. The summed E-state index contributed by atoms with van der Waals surface area (Å²) < 4.78 is 1.80. The number of nitrogens with one attached hydrogen (secondary N) is 1. The topological polar surface area (TPSA) is 29.9 Å². The number of aryl methyl sites for hydroxylation is 1. The van der Waals surface area contributed by atoms with Gasteiger partial charge in [-0.2, -0.15) is 5.10 Å². The highest BCUT2D eigenvalue weighted by Gasteiger charge is 2.06. The Bertz CT molecular complexity index is 525. The maximum atomic E-state index is 6.07. The number of hydrogen-bond donors (Lipinski definition) is 1. The minimum Gasteiger partial charge on any atom is -0.313 e. The van der Waals surface area contributed by atoms with Crippen molar-refractivity contribution in [1.29, 1.82) is 0 Å². The van der Waals surface area contributed by atoms with Crippen LogP contribution in [0.2, 0.25) is 5.02 Å². The highest BCUT2D eigenvalue weighted by molar-refractivity contribution is 7.99. The molecule has 0 amide bonds. The van der Waals surface area contributed by atoms with E-state index in [1.807, 2.05) is 31.6 Å². The number of aromatic nitrogens is 2. The van der Waals surface area contributed by atoms with E-state index in [1.165, 1.54) is 10.5 Å². The van der Waals surface area contributed by atoms with Gasteiger partial charge in [-0.25, -0.2) is 0 Å². The van der Waals surface area contributed by atoms with Gasteiger partial charge < -0.3 is 5.32 Å². The Hall–Kier alpha value is -0.970. The van der Waals surface area contributed by atoms with Gasteiger partial charge in [-0.05, 0) is 24.2 Å². The van der Waals surface area contributed by atoms with Crippen LogP contribution in [0.5, 0.6) is 0 Å². The molecule has 0 saturated carbocycles. The average Bonchev–Trinajstić information content (AvgIpc) is 2.74. The molecule has 0 aliphatic rings. The van der Waals surface area contributed by atoms with Gasteiger partial charge in [-0.15, -0.1) is 0 Å². The molecule has 0 aliphatic heterocycles. The summed E-state index contributed by atoms with van der Waals surface area (Å²) in [6, 6.07) is 6.01. The Morgan fingerprint density at radius 1 is 1.44 bits per heavy atom. The average molecular weight is 282 g/mol. The van der Waals surface area contributed by atoms with E-state index in [-0.39, 0.29) is 0 Å². The molecule has 1 aromatic carbocycles. The number of halogens is 1. The van der Waals surface area contributed by atoms with Crippen molar-refractivity contribution in [3.63, 3.8) is 0 Å². The molecule has 1 heterocycles. The van der Waals surface area contributed by atoms with E-state index < -0.39 is 0 Å². The predicted octanol–water partition coefficient (Wildman–Crippen LogP) is 3.33. The van der Waals surface area contributed by atoms with E-state index in [2.05, 4.69) is 23.4 Å². The van der Waals surface area contributed by atoms with Crippen LogP contribution in [0, 0.1) is 0 Å². The monoisotopic (exact) mass is 281 g/mol. The minimum absolute atomic E-state index is 0.765. The second kappa shape index (κ2) is 6.27. The summed E-state index contributed by atoms with van der Waals surface area (Å²) in [7, 11) is 1.92. The Labute approximate surface area is 117 Å². The molecule has 0 atom stereocenters. The number of rotatable bonds is 5. The smallest absolute Gasteiger partial charge is 0.0629 e. The Balaban J connectivity index is 2.21. The van der Waals surface area contributed by atoms with Gasteiger partial charge in [0, 0.05) is 29.7 Å². The van der Waals surface area contributed by atoms with Gasteiger partial charge in [-0.1, -0.05) is 36.4 Å². The quantitative estimate of drug-likeness (QED) is 0.912. The number of nitrogens with zero attached hydrogens (tertiary/aromatic N) is 2. The lowest BCUT2D eigenvalue weighted by molar-refractivity contribution is 0.718. The highest BCUT2D eigenvalue weighted by Crippen LogP contribution is 2.32. The van der Waals surface area contributed by atoms with Gasteiger partial charge >= 0.3 is 0 Å². The molecule has 5 heteroatoms. The predicted molar refractivity (Wildman–Crippen MR) is 76.2 cm³/mol. The molecule has 0 radical (unpaired) electrons. The lowest BCUT2D eigenvalue weighted by Crippen LogP contribution is -2.12. The second-order valence-corrected chi connectivity index (χ2v) is 5.54. The molecule has 0 unspecified atom stereocenters. The van der Waals surface area contributed by atoms with Crippen molar-refractivity contribution >= 4 is 23.4 Å². The van der Waals surface area contributed by atoms with Crippen LogP contribution in [0.15, 0.2) is 40.4 Å². The van der Waals surface area contributed by atoms with Crippen LogP contribution in [0.3, 0.4) is 0 Å². The molecule has 2 aromatic rings. The zero-order valence-corrected chi connectivity index (χ0v) is 12.1. The van der Waals surface area contributed by atoms with Crippen molar-refractivity contribution in [2.75, 3.05) is 6.54 Å². The number of benzene rings is 1. The summed E-state index contributed by atoms with van der Waals surface area (Å²) in [6.07, 6.45) is 3.87. The second-order valence-electron chi connectivity index (χ2n) is 3.98. The van der Waals surface area contributed by atoms with Crippen LogP contribution in [0.1, 0.15) is 12.5 Å². The summed E-state index contributed by atoms with van der Waals surface area (Å²) in [5.74, 6) is 0. The molecule has 18 heavy (non-hydrogen) atoms. The highest BCUT2D eigenvalue weighted by atomic mass is 35.5. The van der Waals surface area contributed by atoms with E-state index >= 15 is 0 Å². The van der Waals surface area contributed by atoms with Crippen molar-refractivity contribution in [3.05, 3.63) is 41.2 Å². The van der Waals surface area contributed by atoms with Crippen molar-refractivity contribution in [3.8, 4) is 0 Å². The number of hydrogen-bond acceptors (Lipinski definition) is 3. The Morgan fingerprint density at radius 3 is 2.94 bits per heavy atom. The molecule has 0 fully saturated rings. The summed E-state index contributed by atoms with van der Waals surface area (Å²) in [5.41, 5.74) is 1.26. The molecular formula is C13H16ClN3S. The molecule has 0 spiro atoms. The van der Waals surface area contributed by atoms with Crippen LogP contribution >= 0.6 is 23.4 Å². The standard InChI is InChI=1S/C13H16ClN3S/c1-3-15-7-10-4-5-11(14)6-13(10)18-12-8-16-17(2)9-12/h4-6,8-9,15H,3,7H2,1-2H3. The van der Waals surface area contributed by atoms with Crippen molar-refractivity contribution in [2.45, 2.75) is 23.3 Å². The van der Waals surface area contributed by atoms with E-state index in [0.717, 1.165) is 23.0 Å². The first kappa shape index (κ1) is 13.5. The summed E-state index contributed by atoms with van der Waals surface area (Å²) in [4.78, 5) is 2.30. The van der Waals surface area contributed by atoms with Crippen molar-refractivity contribution in [2.24, 2.45) is 7.05 Å². The van der Waals surface area contributed by atoms with E-state index in [0.29, 0.717) is 0 Å². The normalized spacial score (nSPS) is 10.8. The van der Waals surface area contributed by atoms with Crippen LogP contribution in [-0.2, 0) is 13.6 Å². The first-order valence-electron chi connectivity index (χ1n) is 5.84. The third kappa shape index (κ3) is 3.51. The van der Waals surface area contributed by atoms with Gasteiger partial charge in [0.15, 0.2) is 0 Å². The molecule has 0 bridgehead atoms. The molecule has 3 nitrogen and oxygen atoms in total. The van der Waals surface area contributed by atoms with Gasteiger partial charge in [-0.3, -0.25) is 4.68 Å². The third-order valence-electron chi connectivity index (χ3n) is 2.50. The van der Waals surface area contributed by atoms with Crippen molar-refractivity contribution in [1.82, 2.24) is 15.1 Å². The van der Waals surface area contributed by atoms with Crippen molar-refractivity contribution < 1.29 is 0 Å². The molecule has 2 rings (SSSR count). The van der Waals surface area contributed by atoms with Gasteiger partial charge in [0.25, 0.3) is 0 Å². The molecule has 0 saturated heterocycles. The third-order valence-corrected chi connectivity index (χ3v) is 3.79. The largest absolute Gasteiger partial charge is 0.313 e. The Morgan fingerprint density at radius 2 is 2.28 bits per heavy atom. The van der Waals surface area contributed by atoms with Gasteiger partial charge in [0.05, 0.1) is 11.1 Å². The fourth-order valence-corrected chi connectivity index (χ4v) is 2.86. The fourth-order valence-electron chi connectivity index (χ4n) is 1.61. The fraction of sp³-hybridized carbons (Fsp3) is 0.308. The minimum atomic E-state index is 0.765. The van der Waals surface area contributed by atoms with Gasteiger partial charge in [0.2, 0.25) is 0 Å². The van der Waals surface area contributed by atoms with Crippen LogP contribution < -0.4 is 5.32 Å². The van der Waals surface area contributed by atoms with E-state index in [1.54, 1.807) is 16.4 Å². The van der Waals surface area contributed by atoms with Crippen LogP contribution in [0.4, 0.5) is 0 Å². The summed E-state index contributed by atoms with van der Waals surface area (Å²) in [6.45, 7) is 3.92.